The number of ether oxygens (including phenoxy) is 1. The Kier molecular flexibility index (Phi) is 7.49. The average Bonchev–Trinajstić information content (AvgIpc) is 3.01. The Morgan fingerprint density at radius 1 is 1.30 bits per heavy atom. The van der Waals surface area contributed by atoms with Gasteiger partial charge in [0.05, 0.1) is 17.1 Å². The largest absolute Gasteiger partial charge is 0.388 e. The zero-order valence-electron chi connectivity index (χ0n) is 18.9. The van der Waals surface area contributed by atoms with Crippen LogP contribution in [0.3, 0.4) is 0 Å². The minimum Gasteiger partial charge on any atom is -0.388 e. The van der Waals surface area contributed by atoms with E-state index >= 15 is 0 Å². The molecule has 12 heteroatoms. The van der Waals surface area contributed by atoms with Crippen LogP contribution in [-0.4, -0.2) is 59.4 Å². The fraction of sp³-hybridized carbons (Fsp3) is 0.619. The van der Waals surface area contributed by atoms with Gasteiger partial charge >= 0.3 is 7.60 Å². The highest BCUT2D eigenvalue weighted by Gasteiger charge is 2.50. The fourth-order valence-corrected chi connectivity index (χ4v) is 5.41. The topological polar surface area (TPSA) is 145 Å². The first kappa shape index (κ1) is 26.3. The molecule has 2 aromatic heterocycles. The van der Waals surface area contributed by atoms with E-state index in [1.165, 1.54) is 25.3 Å². The lowest BCUT2D eigenvalue weighted by Gasteiger charge is -2.37. The number of nitrogens with one attached hydrogen (secondary N) is 1. The van der Waals surface area contributed by atoms with Crippen LogP contribution in [-0.2, 0) is 13.8 Å². The summed E-state index contributed by atoms with van der Waals surface area (Å²) in [6.45, 7) is 6.08. The summed E-state index contributed by atoms with van der Waals surface area (Å²) in [5.41, 5.74) is -0.743. The Balaban J connectivity index is 1.88. The molecule has 3 heterocycles. The normalized spacial score (nSPS) is 28.9. The number of aliphatic hydroxyl groups excluding tert-OH is 2. The number of rotatable bonds is 8. The third kappa shape index (κ3) is 5.06. The standard InChI is InChI=1S/C21H30FN2O7PS/c1-5-20(3,31-32(28,29)21(4,27)6-2)10-14-15(25)16(26)17(30-14)12-9-11-13(22)7-8-23-18(11)24-19(12)33/h7-9,14-17,25-27H,5-6,10H2,1-4H3,(H,28,29)(H,23,24,33). The molecule has 0 aliphatic carbocycles. The maximum absolute atomic E-state index is 14.3. The summed E-state index contributed by atoms with van der Waals surface area (Å²) in [7, 11) is -4.45. The molecule has 33 heavy (non-hydrogen) atoms. The van der Waals surface area contributed by atoms with Crippen molar-refractivity contribution in [3.05, 3.63) is 34.4 Å². The van der Waals surface area contributed by atoms with Crippen molar-refractivity contribution in [1.29, 1.82) is 0 Å². The molecule has 5 N–H and O–H groups in total. The van der Waals surface area contributed by atoms with E-state index in [0.717, 1.165) is 0 Å². The van der Waals surface area contributed by atoms with Crippen LogP contribution in [0, 0.1) is 10.5 Å². The summed E-state index contributed by atoms with van der Waals surface area (Å²) in [6.07, 6.45) is -3.30. The SMILES string of the molecule is CCC(C)(CC1OC(c2cc3c(F)ccnc3[nH]c2=S)C(O)C1O)OP(=O)(O)C(C)(O)CC. The fourth-order valence-electron chi connectivity index (χ4n) is 3.74. The molecule has 1 fully saturated rings. The van der Waals surface area contributed by atoms with E-state index in [-0.39, 0.29) is 40.5 Å². The lowest BCUT2D eigenvalue weighted by molar-refractivity contribution is -0.0531. The number of nitrogens with zero attached hydrogens (tertiary/aromatic N) is 1. The Bertz CT molecular complexity index is 1130. The molecule has 9 nitrogen and oxygen atoms in total. The van der Waals surface area contributed by atoms with E-state index in [4.69, 9.17) is 21.5 Å². The summed E-state index contributed by atoms with van der Waals surface area (Å²) in [6, 6.07) is 2.62. The van der Waals surface area contributed by atoms with Crippen LogP contribution >= 0.6 is 19.8 Å². The monoisotopic (exact) mass is 504 g/mol. The van der Waals surface area contributed by atoms with Crippen LogP contribution in [0.5, 0.6) is 0 Å². The molecule has 184 valence electrons. The van der Waals surface area contributed by atoms with Gasteiger partial charge in [0.1, 0.15) is 34.4 Å². The van der Waals surface area contributed by atoms with Gasteiger partial charge in [0.15, 0.2) is 5.34 Å². The first-order valence-corrected chi connectivity index (χ1v) is 12.7. The van der Waals surface area contributed by atoms with Gasteiger partial charge in [-0.15, -0.1) is 0 Å². The second-order valence-electron chi connectivity index (χ2n) is 8.88. The highest BCUT2D eigenvalue weighted by molar-refractivity contribution is 7.71. The molecule has 7 atom stereocenters. The van der Waals surface area contributed by atoms with Crippen molar-refractivity contribution in [2.45, 2.75) is 82.3 Å². The van der Waals surface area contributed by atoms with E-state index in [1.54, 1.807) is 20.8 Å². The number of halogens is 1. The summed E-state index contributed by atoms with van der Waals surface area (Å²) in [5, 5.41) is 29.8. The molecule has 1 saturated heterocycles. The van der Waals surface area contributed by atoms with Gasteiger partial charge in [-0.3, -0.25) is 4.57 Å². The van der Waals surface area contributed by atoms with Crippen molar-refractivity contribution >= 4 is 30.8 Å². The first-order chi connectivity index (χ1) is 15.2. The molecular weight excluding hydrogens is 474 g/mol. The molecule has 0 amide bonds. The van der Waals surface area contributed by atoms with Crippen molar-refractivity contribution < 1.29 is 38.4 Å². The number of H-pyrrole nitrogens is 1. The second kappa shape index (κ2) is 9.39. The van der Waals surface area contributed by atoms with Crippen LogP contribution < -0.4 is 0 Å². The van der Waals surface area contributed by atoms with Gasteiger partial charge in [-0.05, 0) is 38.8 Å². The molecule has 3 rings (SSSR count). The minimum atomic E-state index is -4.45. The average molecular weight is 505 g/mol. The number of aromatic amines is 1. The van der Waals surface area contributed by atoms with Gasteiger partial charge in [0.25, 0.3) is 0 Å². The second-order valence-corrected chi connectivity index (χ2v) is 11.5. The first-order valence-electron chi connectivity index (χ1n) is 10.7. The zero-order valence-corrected chi connectivity index (χ0v) is 20.6. The highest BCUT2D eigenvalue weighted by atomic mass is 32.1. The minimum absolute atomic E-state index is 0.00456. The third-order valence-corrected chi connectivity index (χ3v) is 8.96. The number of hydrogen-bond donors (Lipinski definition) is 5. The summed E-state index contributed by atoms with van der Waals surface area (Å²) in [4.78, 5) is 17.2. The van der Waals surface area contributed by atoms with E-state index in [1.807, 2.05) is 0 Å². The predicted octanol–water partition coefficient (Wildman–Crippen LogP) is 3.47. The Morgan fingerprint density at radius 3 is 2.58 bits per heavy atom. The molecule has 0 aromatic carbocycles. The van der Waals surface area contributed by atoms with Crippen LogP contribution in [0.4, 0.5) is 4.39 Å². The molecule has 0 spiro atoms. The van der Waals surface area contributed by atoms with Crippen molar-refractivity contribution in [2.24, 2.45) is 0 Å². The summed E-state index contributed by atoms with van der Waals surface area (Å²) in [5.74, 6) is -0.536. The van der Waals surface area contributed by atoms with Crippen molar-refractivity contribution in [3.8, 4) is 0 Å². The van der Waals surface area contributed by atoms with Crippen LogP contribution in [0.2, 0.25) is 0 Å². The van der Waals surface area contributed by atoms with E-state index < -0.39 is 48.8 Å². The zero-order chi connectivity index (χ0) is 24.8. The van der Waals surface area contributed by atoms with Gasteiger partial charge in [0, 0.05) is 18.2 Å². The summed E-state index contributed by atoms with van der Waals surface area (Å²) >= 11 is 5.33. The molecule has 1 aliphatic heterocycles. The number of aromatic nitrogens is 2. The molecule has 0 saturated carbocycles. The number of fused-ring (bicyclic) bond motifs is 1. The van der Waals surface area contributed by atoms with Crippen molar-refractivity contribution in [3.63, 3.8) is 0 Å². The van der Waals surface area contributed by atoms with Crippen LogP contribution in [0.15, 0.2) is 18.3 Å². The molecule has 7 unspecified atom stereocenters. The van der Waals surface area contributed by atoms with E-state index in [2.05, 4.69) is 9.97 Å². The number of hydrogen-bond acceptors (Lipinski definition) is 8. The predicted molar refractivity (Wildman–Crippen MR) is 122 cm³/mol. The molecule has 2 aromatic rings. The van der Waals surface area contributed by atoms with Crippen LogP contribution in [0.1, 0.15) is 58.6 Å². The van der Waals surface area contributed by atoms with E-state index in [9.17, 15) is 29.2 Å². The summed E-state index contributed by atoms with van der Waals surface area (Å²) < 4.78 is 38.6. The lowest BCUT2D eigenvalue weighted by atomic mass is 9.92. The number of aliphatic hydroxyl groups is 3. The van der Waals surface area contributed by atoms with Gasteiger partial charge in [-0.25, -0.2) is 9.37 Å². The quantitative estimate of drug-likeness (QED) is 0.269. The molecular formula is C21H30FN2O7PS. The Hall–Kier alpha value is -1.30. The third-order valence-electron chi connectivity index (χ3n) is 6.40. The highest BCUT2D eigenvalue weighted by Crippen LogP contribution is 2.59. The maximum atomic E-state index is 14.3. The smallest absolute Gasteiger partial charge is 0.359 e. The van der Waals surface area contributed by atoms with Gasteiger partial charge < -0.3 is 34.5 Å². The van der Waals surface area contributed by atoms with Gasteiger partial charge in [-0.2, -0.15) is 0 Å². The Labute approximate surface area is 196 Å². The van der Waals surface area contributed by atoms with E-state index in [0.29, 0.717) is 0 Å². The molecule has 1 aliphatic rings. The van der Waals surface area contributed by atoms with Crippen molar-refractivity contribution in [1.82, 2.24) is 9.97 Å². The van der Waals surface area contributed by atoms with Gasteiger partial charge in [0.2, 0.25) is 0 Å². The molecule has 0 radical (unpaired) electrons. The molecule has 0 bridgehead atoms. The van der Waals surface area contributed by atoms with Crippen molar-refractivity contribution in [2.75, 3.05) is 0 Å². The lowest BCUT2D eigenvalue weighted by Crippen LogP contribution is -2.40. The Morgan fingerprint density at radius 2 is 1.97 bits per heavy atom. The van der Waals surface area contributed by atoms with Gasteiger partial charge in [-0.1, -0.05) is 26.1 Å². The van der Waals surface area contributed by atoms with Crippen LogP contribution in [0.25, 0.3) is 11.0 Å². The maximum Gasteiger partial charge on any atom is 0.359 e. The number of pyridine rings is 2.